The van der Waals surface area contributed by atoms with Crippen LogP contribution in [0.25, 0.3) is 5.69 Å². The molecular formula is C15H18FN7O2S. The molecule has 0 aliphatic rings. The molecule has 0 spiro atoms. The standard InChI is InChI=1S/C15H18FN7O2S/c1-25-15(26)20-6-9(17)5-19-10-2-3-13(11(16)4-10)23-7-12(21-8-23)14(24)22-18/h2-5,7-8,19H,6,17-18H2,1H3,(H,20,26)(H,22,24)/b9-5-. The summed E-state index contributed by atoms with van der Waals surface area (Å²) in [5.74, 6) is 3.96. The first kappa shape index (κ1) is 19.1. The molecule has 0 bridgehead atoms. The molecule has 2 rings (SSSR count). The molecule has 138 valence electrons. The number of nitrogens with zero attached hydrogens (tertiary/aromatic N) is 2. The van der Waals surface area contributed by atoms with E-state index in [4.69, 9.17) is 28.5 Å². The highest BCUT2D eigenvalue weighted by Crippen LogP contribution is 2.18. The van der Waals surface area contributed by atoms with Gasteiger partial charge in [0, 0.05) is 23.8 Å². The van der Waals surface area contributed by atoms with Gasteiger partial charge in [-0.3, -0.25) is 10.2 Å². The summed E-state index contributed by atoms with van der Waals surface area (Å²) < 4.78 is 20.5. The zero-order valence-corrected chi connectivity index (χ0v) is 14.6. The largest absolute Gasteiger partial charge is 0.474 e. The van der Waals surface area contributed by atoms with Crippen molar-refractivity contribution in [3.05, 3.63) is 54.1 Å². The van der Waals surface area contributed by atoms with Crippen LogP contribution in [-0.2, 0) is 4.74 Å². The number of ether oxygens (including phenoxy) is 1. The van der Waals surface area contributed by atoms with Crippen molar-refractivity contribution in [2.45, 2.75) is 0 Å². The number of aromatic nitrogens is 2. The molecule has 0 atom stereocenters. The third-order valence-corrected chi connectivity index (χ3v) is 3.53. The molecule has 0 radical (unpaired) electrons. The summed E-state index contributed by atoms with van der Waals surface area (Å²) >= 11 is 4.83. The molecule has 1 aromatic carbocycles. The summed E-state index contributed by atoms with van der Waals surface area (Å²) in [4.78, 5) is 15.3. The number of carbonyl (C=O) groups is 1. The number of benzene rings is 1. The zero-order valence-electron chi connectivity index (χ0n) is 13.8. The molecule has 0 aliphatic carbocycles. The lowest BCUT2D eigenvalue weighted by molar-refractivity contribution is 0.0949. The average molecular weight is 379 g/mol. The number of thiocarbonyl (C=S) groups is 1. The maximum Gasteiger partial charge on any atom is 0.285 e. The van der Waals surface area contributed by atoms with Crippen LogP contribution in [0.4, 0.5) is 10.1 Å². The Labute approximate surface area is 154 Å². The Morgan fingerprint density at radius 1 is 1.50 bits per heavy atom. The van der Waals surface area contributed by atoms with Gasteiger partial charge in [-0.1, -0.05) is 0 Å². The highest BCUT2D eigenvalue weighted by atomic mass is 32.1. The van der Waals surface area contributed by atoms with Crippen molar-refractivity contribution in [1.29, 1.82) is 0 Å². The number of nitrogen functional groups attached to an aromatic ring is 1. The van der Waals surface area contributed by atoms with Crippen LogP contribution in [0, 0.1) is 5.82 Å². The van der Waals surface area contributed by atoms with Crippen molar-refractivity contribution in [1.82, 2.24) is 20.3 Å². The van der Waals surface area contributed by atoms with E-state index in [1.807, 2.05) is 5.43 Å². The first-order chi connectivity index (χ1) is 12.4. The number of hydrogen-bond acceptors (Lipinski definition) is 7. The van der Waals surface area contributed by atoms with Crippen LogP contribution in [-0.4, -0.2) is 34.3 Å². The van der Waals surface area contributed by atoms with Gasteiger partial charge in [-0.15, -0.1) is 0 Å². The molecule has 0 aliphatic heterocycles. The molecule has 26 heavy (non-hydrogen) atoms. The lowest BCUT2D eigenvalue weighted by Gasteiger charge is -2.09. The van der Waals surface area contributed by atoms with Gasteiger partial charge in [0.05, 0.1) is 19.3 Å². The van der Waals surface area contributed by atoms with Crippen LogP contribution in [0.1, 0.15) is 10.5 Å². The smallest absolute Gasteiger partial charge is 0.285 e. The van der Waals surface area contributed by atoms with E-state index >= 15 is 0 Å². The first-order valence-corrected chi connectivity index (χ1v) is 7.73. The molecule has 0 unspecified atom stereocenters. The van der Waals surface area contributed by atoms with Gasteiger partial charge in [-0.2, -0.15) is 0 Å². The quantitative estimate of drug-likeness (QED) is 0.210. The van der Waals surface area contributed by atoms with Gasteiger partial charge in [0.25, 0.3) is 11.1 Å². The molecule has 7 N–H and O–H groups in total. The maximum atomic E-state index is 14.3. The average Bonchev–Trinajstić information content (AvgIpc) is 3.13. The number of nitrogens with two attached hydrogens (primary N) is 2. The second kappa shape index (κ2) is 8.78. The van der Waals surface area contributed by atoms with Crippen LogP contribution in [0.5, 0.6) is 0 Å². The molecule has 1 heterocycles. The van der Waals surface area contributed by atoms with Crippen molar-refractivity contribution in [2.75, 3.05) is 19.0 Å². The van der Waals surface area contributed by atoms with Crippen molar-refractivity contribution in [3.63, 3.8) is 0 Å². The van der Waals surface area contributed by atoms with Gasteiger partial charge in [-0.05, 0) is 30.4 Å². The number of halogens is 1. The Hall–Kier alpha value is -3.18. The van der Waals surface area contributed by atoms with Gasteiger partial charge in [-0.25, -0.2) is 15.2 Å². The Morgan fingerprint density at radius 2 is 2.27 bits per heavy atom. The number of carbonyl (C=O) groups excluding carboxylic acids is 1. The lowest BCUT2D eigenvalue weighted by Crippen LogP contribution is -2.30. The van der Waals surface area contributed by atoms with E-state index in [-0.39, 0.29) is 23.1 Å². The molecule has 9 nitrogen and oxygen atoms in total. The van der Waals surface area contributed by atoms with Crippen LogP contribution >= 0.6 is 12.2 Å². The van der Waals surface area contributed by atoms with Crippen LogP contribution in [0.3, 0.4) is 0 Å². The van der Waals surface area contributed by atoms with E-state index in [0.29, 0.717) is 11.4 Å². The highest BCUT2D eigenvalue weighted by molar-refractivity contribution is 7.80. The second-order valence-electron chi connectivity index (χ2n) is 5.01. The van der Waals surface area contributed by atoms with Gasteiger partial charge in [0.15, 0.2) is 0 Å². The van der Waals surface area contributed by atoms with E-state index in [2.05, 4.69) is 15.6 Å². The van der Waals surface area contributed by atoms with Crippen LogP contribution in [0.15, 0.2) is 42.6 Å². The number of hydrogen-bond donors (Lipinski definition) is 5. The molecule has 2 aromatic rings. The molecule has 0 saturated carbocycles. The maximum absolute atomic E-state index is 14.3. The fourth-order valence-corrected chi connectivity index (χ4v) is 2.00. The van der Waals surface area contributed by atoms with Gasteiger partial charge < -0.3 is 25.7 Å². The predicted molar refractivity (Wildman–Crippen MR) is 98.7 cm³/mol. The summed E-state index contributed by atoms with van der Waals surface area (Å²) in [5.41, 5.74) is 8.99. The van der Waals surface area contributed by atoms with Gasteiger partial charge >= 0.3 is 0 Å². The minimum atomic E-state index is -0.565. The lowest BCUT2D eigenvalue weighted by atomic mass is 10.2. The SMILES string of the molecule is COC(=S)NC/C(N)=C/Nc1ccc(-n2cnc(C(=O)NN)c2)c(F)c1. The zero-order chi connectivity index (χ0) is 19.1. The van der Waals surface area contributed by atoms with E-state index in [9.17, 15) is 9.18 Å². The molecule has 1 aromatic heterocycles. The van der Waals surface area contributed by atoms with Gasteiger partial charge in [0.2, 0.25) is 0 Å². The number of rotatable bonds is 6. The number of nitrogens with one attached hydrogen (secondary N) is 3. The minimum absolute atomic E-state index is 0.0753. The number of hydrazine groups is 1. The number of imidazole rings is 1. The molecule has 0 fully saturated rings. The summed E-state index contributed by atoms with van der Waals surface area (Å²) in [5, 5.41) is 5.88. The molecule has 1 amide bonds. The number of anilines is 1. The summed E-state index contributed by atoms with van der Waals surface area (Å²) in [6.07, 6.45) is 4.20. The minimum Gasteiger partial charge on any atom is -0.474 e. The van der Waals surface area contributed by atoms with Crippen LogP contribution in [0.2, 0.25) is 0 Å². The van der Waals surface area contributed by atoms with E-state index in [1.165, 1.54) is 42.5 Å². The first-order valence-electron chi connectivity index (χ1n) is 7.32. The molecular weight excluding hydrogens is 361 g/mol. The van der Waals surface area contributed by atoms with Crippen molar-refractivity contribution in [2.24, 2.45) is 11.6 Å². The Balaban J connectivity index is 2.06. The van der Waals surface area contributed by atoms with E-state index < -0.39 is 11.7 Å². The number of amides is 1. The summed E-state index contributed by atoms with van der Waals surface area (Å²) in [6, 6.07) is 4.47. The highest BCUT2D eigenvalue weighted by Gasteiger charge is 2.11. The predicted octanol–water partition coefficient (Wildman–Crippen LogP) is 0.348. The van der Waals surface area contributed by atoms with E-state index in [0.717, 1.165) is 0 Å². The topological polar surface area (TPSA) is 132 Å². The Morgan fingerprint density at radius 3 is 2.92 bits per heavy atom. The number of methoxy groups -OCH3 is 1. The monoisotopic (exact) mass is 379 g/mol. The Bertz CT molecular complexity index is 837. The fraction of sp³-hybridized carbons (Fsp3) is 0.133. The third-order valence-electron chi connectivity index (χ3n) is 3.22. The Kier molecular flexibility index (Phi) is 6.47. The summed E-state index contributed by atoms with van der Waals surface area (Å²) in [6.45, 7) is 0.279. The molecule has 0 saturated heterocycles. The second-order valence-corrected chi connectivity index (χ2v) is 5.39. The van der Waals surface area contributed by atoms with Crippen molar-refractivity contribution in [3.8, 4) is 5.69 Å². The third kappa shape index (κ3) is 4.91. The molecule has 11 heteroatoms. The van der Waals surface area contributed by atoms with Crippen molar-refractivity contribution >= 4 is 29.0 Å². The van der Waals surface area contributed by atoms with E-state index in [1.54, 1.807) is 6.07 Å². The summed E-state index contributed by atoms with van der Waals surface area (Å²) in [7, 11) is 1.45. The van der Waals surface area contributed by atoms with Crippen molar-refractivity contribution < 1.29 is 13.9 Å². The normalized spacial score (nSPS) is 11.0. The van der Waals surface area contributed by atoms with Gasteiger partial charge in [0.1, 0.15) is 17.8 Å². The van der Waals surface area contributed by atoms with Crippen LogP contribution < -0.4 is 27.6 Å². The fourth-order valence-electron chi connectivity index (χ4n) is 1.93.